The molecule has 4 heteroatoms. The van der Waals surface area contributed by atoms with E-state index in [0.717, 1.165) is 25.7 Å². The standard InChI is InChI=1S/C13H25NO3/c1-5-17-11-9-7-6-8-10(11)14(12(15)16)13(2,3)4/h10-11H,5-9H2,1-4H3,(H,15,16). The second-order valence-corrected chi connectivity index (χ2v) is 5.67. The van der Waals surface area contributed by atoms with Crippen LogP contribution in [0.4, 0.5) is 4.79 Å². The zero-order chi connectivity index (χ0) is 13.1. The van der Waals surface area contributed by atoms with Gasteiger partial charge in [-0.1, -0.05) is 12.8 Å². The van der Waals surface area contributed by atoms with Gasteiger partial charge in [0.1, 0.15) is 0 Å². The van der Waals surface area contributed by atoms with E-state index < -0.39 is 6.09 Å². The third kappa shape index (κ3) is 3.60. The Balaban J connectivity index is 2.86. The number of hydrogen-bond acceptors (Lipinski definition) is 2. The fraction of sp³-hybridized carbons (Fsp3) is 0.923. The van der Waals surface area contributed by atoms with Gasteiger partial charge in [-0.3, -0.25) is 4.90 Å². The second kappa shape index (κ2) is 5.71. The lowest BCUT2D eigenvalue weighted by atomic mass is 9.88. The van der Waals surface area contributed by atoms with Gasteiger partial charge in [-0.05, 0) is 40.5 Å². The number of nitrogens with zero attached hydrogens (tertiary/aromatic N) is 1. The van der Waals surface area contributed by atoms with Crippen LogP contribution in [0.2, 0.25) is 0 Å². The Bertz CT molecular complexity index is 258. The maximum Gasteiger partial charge on any atom is 0.408 e. The van der Waals surface area contributed by atoms with Crippen LogP contribution in [-0.4, -0.2) is 40.4 Å². The number of rotatable bonds is 3. The molecule has 1 saturated carbocycles. The largest absolute Gasteiger partial charge is 0.465 e. The molecule has 0 bridgehead atoms. The van der Waals surface area contributed by atoms with Crippen molar-refractivity contribution in [2.45, 2.75) is 71.1 Å². The van der Waals surface area contributed by atoms with Crippen LogP contribution in [0.15, 0.2) is 0 Å². The molecular formula is C13H25NO3. The van der Waals surface area contributed by atoms with E-state index in [9.17, 15) is 9.90 Å². The van der Waals surface area contributed by atoms with Gasteiger partial charge in [-0.25, -0.2) is 4.79 Å². The first-order valence-corrected chi connectivity index (χ1v) is 6.51. The highest BCUT2D eigenvalue weighted by molar-refractivity contribution is 5.66. The van der Waals surface area contributed by atoms with Crippen LogP contribution >= 0.6 is 0 Å². The summed E-state index contributed by atoms with van der Waals surface area (Å²) in [5, 5.41) is 9.42. The Hall–Kier alpha value is -0.770. The van der Waals surface area contributed by atoms with Crippen molar-refractivity contribution < 1.29 is 14.6 Å². The summed E-state index contributed by atoms with van der Waals surface area (Å²) in [7, 11) is 0. The monoisotopic (exact) mass is 243 g/mol. The minimum Gasteiger partial charge on any atom is -0.465 e. The average molecular weight is 243 g/mol. The Morgan fingerprint density at radius 3 is 2.41 bits per heavy atom. The van der Waals surface area contributed by atoms with Gasteiger partial charge < -0.3 is 9.84 Å². The van der Waals surface area contributed by atoms with Crippen LogP contribution < -0.4 is 0 Å². The van der Waals surface area contributed by atoms with Crippen molar-refractivity contribution in [2.75, 3.05) is 6.61 Å². The molecule has 0 aromatic carbocycles. The summed E-state index contributed by atoms with van der Waals surface area (Å²) < 4.78 is 5.72. The number of hydrogen-bond donors (Lipinski definition) is 1. The molecule has 0 aromatic heterocycles. The summed E-state index contributed by atoms with van der Waals surface area (Å²) in [4.78, 5) is 13.0. The maximum atomic E-state index is 11.5. The third-order valence-electron chi connectivity index (χ3n) is 3.31. The smallest absolute Gasteiger partial charge is 0.408 e. The zero-order valence-electron chi connectivity index (χ0n) is 11.4. The van der Waals surface area contributed by atoms with Gasteiger partial charge in [0.15, 0.2) is 0 Å². The van der Waals surface area contributed by atoms with Gasteiger partial charge in [0.05, 0.1) is 12.1 Å². The molecule has 1 fully saturated rings. The van der Waals surface area contributed by atoms with Gasteiger partial charge >= 0.3 is 6.09 Å². The van der Waals surface area contributed by atoms with Crippen molar-refractivity contribution >= 4 is 6.09 Å². The van der Waals surface area contributed by atoms with Crippen LogP contribution in [0.3, 0.4) is 0 Å². The summed E-state index contributed by atoms with van der Waals surface area (Å²) in [5.74, 6) is 0. The average Bonchev–Trinajstić information content (AvgIpc) is 2.18. The molecule has 0 saturated heterocycles. The Labute approximate surface area is 104 Å². The summed E-state index contributed by atoms with van der Waals surface area (Å²) in [6, 6.07) is 0.00111. The normalized spacial score (nSPS) is 25.6. The quantitative estimate of drug-likeness (QED) is 0.828. The van der Waals surface area contributed by atoms with Crippen LogP contribution in [0.5, 0.6) is 0 Å². The molecule has 2 atom stereocenters. The molecule has 0 heterocycles. The van der Waals surface area contributed by atoms with Crippen molar-refractivity contribution in [1.29, 1.82) is 0 Å². The molecule has 1 N–H and O–H groups in total. The van der Waals surface area contributed by atoms with Crippen molar-refractivity contribution in [3.63, 3.8) is 0 Å². The molecule has 0 aliphatic heterocycles. The first-order chi connectivity index (χ1) is 7.88. The van der Waals surface area contributed by atoms with Gasteiger partial charge in [0, 0.05) is 12.1 Å². The number of amides is 1. The molecule has 1 aliphatic carbocycles. The molecule has 2 unspecified atom stereocenters. The molecule has 17 heavy (non-hydrogen) atoms. The van der Waals surface area contributed by atoms with Gasteiger partial charge in [0.2, 0.25) is 0 Å². The predicted molar refractivity (Wildman–Crippen MR) is 67.3 cm³/mol. The van der Waals surface area contributed by atoms with E-state index in [1.807, 2.05) is 27.7 Å². The number of carboxylic acid groups (broad SMARTS) is 1. The van der Waals surface area contributed by atoms with E-state index in [4.69, 9.17) is 4.74 Å². The van der Waals surface area contributed by atoms with Gasteiger partial charge in [-0.15, -0.1) is 0 Å². The fourth-order valence-corrected chi connectivity index (χ4v) is 2.71. The topological polar surface area (TPSA) is 49.8 Å². The molecular weight excluding hydrogens is 218 g/mol. The van der Waals surface area contributed by atoms with Crippen LogP contribution in [0, 0.1) is 0 Å². The molecule has 1 amide bonds. The Morgan fingerprint density at radius 1 is 1.35 bits per heavy atom. The molecule has 0 spiro atoms. The molecule has 1 rings (SSSR count). The van der Waals surface area contributed by atoms with E-state index in [2.05, 4.69) is 0 Å². The predicted octanol–water partition coefficient (Wildman–Crippen LogP) is 3.11. The van der Waals surface area contributed by atoms with E-state index in [1.165, 1.54) is 0 Å². The van der Waals surface area contributed by atoms with Crippen molar-refractivity contribution in [1.82, 2.24) is 4.90 Å². The van der Waals surface area contributed by atoms with Crippen LogP contribution in [0.25, 0.3) is 0 Å². The van der Waals surface area contributed by atoms with Crippen LogP contribution in [-0.2, 0) is 4.74 Å². The lowest BCUT2D eigenvalue weighted by molar-refractivity contribution is -0.0485. The Morgan fingerprint density at radius 2 is 1.94 bits per heavy atom. The zero-order valence-corrected chi connectivity index (χ0v) is 11.4. The summed E-state index contributed by atoms with van der Waals surface area (Å²) in [6.07, 6.45) is 3.33. The van der Waals surface area contributed by atoms with E-state index in [1.54, 1.807) is 4.90 Å². The fourth-order valence-electron chi connectivity index (χ4n) is 2.71. The lowest BCUT2D eigenvalue weighted by Gasteiger charge is -2.44. The molecule has 4 nitrogen and oxygen atoms in total. The SMILES string of the molecule is CCOC1CCCCC1N(C(=O)O)C(C)(C)C. The van der Waals surface area contributed by atoms with Crippen molar-refractivity contribution in [3.8, 4) is 0 Å². The highest BCUT2D eigenvalue weighted by Crippen LogP contribution is 2.30. The second-order valence-electron chi connectivity index (χ2n) is 5.67. The first-order valence-electron chi connectivity index (χ1n) is 6.51. The number of carbonyl (C=O) groups is 1. The third-order valence-corrected chi connectivity index (χ3v) is 3.31. The molecule has 100 valence electrons. The minimum absolute atomic E-state index is 0.00111. The molecule has 0 aromatic rings. The van der Waals surface area contributed by atoms with Crippen molar-refractivity contribution in [3.05, 3.63) is 0 Å². The molecule has 1 aliphatic rings. The van der Waals surface area contributed by atoms with Crippen LogP contribution in [0.1, 0.15) is 53.4 Å². The maximum absolute atomic E-state index is 11.5. The summed E-state index contributed by atoms with van der Waals surface area (Å²) in [6.45, 7) is 8.45. The minimum atomic E-state index is -0.839. The van der Waals surface area contributed by atoms with Gasteiger partial charge in [-0.2, -0.15) is 0 Å². The number of ether oxygens (including phenoxy) is 1. The lowest BCUT2D eigenvalue weighted by Crippen LogP contribution is -2.56. The summed E-state index contributed by atoms with van der Waals surface area (Å²) >= 11 is 0. The van der Waals surface area contributed by atoms with Crippen molar-refractivity contribution in [2.24, 2.45) is 0 Å². The highest BCUT2D eigenvalue weighted by atomic mass is 16.5. The molecule has 0 radical (unpaired) electrons. The Kier molecular flexibility index (Phi) is 4.80. The summed E-state index contributed by atoms with van der Waals surface area (Å²) in [5.41, 5.74) is -0.372. The first kappa shape index (κ1) is 14.3. The highest BCUT2D eigenvalue weighted by Gasteiger charge is 2.39. The van der Waals surface area contributed by atoms with E-state index >= 15 is 0 Å². The van der Waals surface area contributed by atoms with E-state index in [-0.39, 0.29) is 17.7 Å². The van der Waals surface area contributed by atoms with Gasteiger partial charge in [0.25, 0.3) is 0 Å². The van der Waals surface area contributed by atoms with E-state index in [0.29, 0.717) is 6.61 Å².